The van der Waals surface area contributed by atoms with E-state index < -0.39 is 0 Å². The fourth-order valence-electron chi connectivity index (χ4n) is 0.921. The van der Waals surface area contributed by atoms with Gasteiger partial charge in [-0.05, 0) is 18.6 Å². The molecule has 0 aliphatic heterocycles. The van der Waals surface area contributed by atoms with Crippen molar-refractivity contribution in [1.29, 1.82) is 0 Å². The summed E-state index contributed by atoms with van der Waals surface area (Å²) < 4.78 is 5.38. The Morgan fingerprint density at radius 2 is 1.92 bits per heavy atom. The quantitative estimate of drug-likeness (QED) is 0.699. The fourth-order valence-corrected chi connectivity index (χ4v) is 0.921. The van der Waals surface area contributed by atoms with Gasteiger partial charge in [0, 0.05) is 6.61 Å². The highest BCUT2D eigenvalue weighted by molar-refractivity contribution is 5.21. The van der Waals surface area contributed by atoms with Crippen LogP contribution < -0.4 is 4.74 Å². The normalized spacial score (nSPS) is 10.5. The average Bonchev–Trinajstić information content (AvgIpc) is 2.19. The number of rotatable bonds is 5. The molecule has 2 heteroatoms. The summed E-state index contributed by atoms with van der Waals surface area (Å²) in [5, 5.41) is 8.49. The van der Waals surface area contributed by atoms with Crippen LogP contribution in [0.25, 0.3) is 0 Å². The highest BCUT2D eigenvalue weighted by Crippen LogP contribution is 2.07. The molecule has 2 nitrogen and oxygen atoms in total. The molecule has 0 fully saturated rings. The summed E-state index contributed by atoms with van der Waals surface area (Å²) in [6.45, 7) is 0.756. The lowest BCUT2D eigenvalue weighted by molar-refractivity contribution is 0.302. The predicted molar refractivity (Wildman–Crippen MR) is 52.8 cm³/mol. The first kappa shape index (κ1) is 9.81. The monoisotopic (exact) mass is 178 g/mol. The van der Waals surface area contributed by atoms with E-state index in [0.717, 1.165) is 5.75 Å². The number of aliphatic hydroxyl groups is 1. The summed E-state index contributed by atoms with van der Waals surface area (Å²) >= 11 is 0. The minimum Gasteiger partial charge on any atom is -0.490 e. The number of para-hydroxylation sites is 1. The zero-order valence-electron chi connectivity index (χ0n) is 7.52. The largest absolute Gasteiger partial charge is 0.490 e. The molecule has 13 heavy (non-hydrogen) atoms. The van der Waals surface area contributed by atoms with Crippen molar-refractivity contribution in [2.75, 3.05) is 13.2 Å². The third-order valence-electron chi connectivity index (χ3n) is 1.55. The molecule has 0 spiro atoms. The first-order valence-electron chi connectivity index (χ1n) is 4.37. The number of benzene rings is 1. The molecule has 1 rings (SSSR count). The molecule has 0 heterocycles. The van der Waals surface area contributed by atoms with E-state index in [1.54, 1.807) is 0 Å². The van der Waals surface area contributed by atoms with Crippen LogP contribution in [0.1, 0.15) is 6.42 Å². The Kier molecular flexibility index (Phi) is 4.72. The summed E-state index contributed by atoms with van der Waals surface area (Å²) in [5.74, 6) is 0.871. The molecule has 1 N–H and O–H groups in total. The molecule has 0 atom stereocenters. The standard InChI is InChI=1S/C11H14O2/c12-9-5-2-6-10-13-11-7-3-1-4-8-11/h1-4,6-8,12H,5,9-10H2. The maximum Gasteiger partial charge on any atom is 0.119 e. The van der Waals surface area contributed by atoms with Crippen molar-refractivity contribution >= 4 is 0 Å². The van der Waals surface area contributed by atoms with Crippen molar-refractivity contribution in [2.45, 2.75) is 6.42 Å². The maximum absolute atomic E-state index is 8.49. The van der Waals surface area contributed by atoms with Gasteiger partial charge in [-0.1, -0.05) is 30.4 Å². The van der Waals surface area contributed by atoms with E-state index in [1.807, 2.05) is 42.5 Å². The van der Waals surface area contributed by atoms with E-state index in [1.165, 1.54) is 0 Å². The van der Waals surface area contributed by atoms with Gasteiger partial charge in [-0.25, -0.2) is 0 Å². The predicted octanol–water partition coefficient (Wildman–Crippen LogP) is 2.00. The first-order valence-corrected chi connectivity index (χ1v) is 4.37. The molecule has 70 valence electrons. The third kappa shape index (κ3) is 4.33. The summed E-state index contributed by atoms with van der Waals surface area (Å²) in [4.78, 5) is 0. The molecule has 0 unspecified atom stereocenters. The molecule has 0 saturated heterocycles. The molecular formula is C11H14O2. The first-order chi connectivity index (χ1) is 6.43. The van der Waals surface area contributed by atoms with Crippen molar-refractivity contribution in [1.82, 2.24) is 0 Å². The van der Waals surface area contributed by atoms with E-state index in [4.69, 9.17) is 9.84 Å². The van der Waals surface area contributed by atoms with Gasteiger partial charge in [-0.3, -0.25) is 0 Å². The lowest BCUT2D eigenvalue weighted by atomic mass is 10.3. The van der Waals surface area contributed by atoms with Crippen molar-refractivity contribution in [3.63, 3.8) is 0 Å². The van der Waals surface area contributed by atoms with E-state index >= 15 is 0 Å². The minimum absolute atomic E-state index is 0.196. The number of hydrogen-bond donors (Lipinski definition) is 1. The minimum atomic E-state index is 0.196. The second-order valence-electron chi connectivity index (χ2n) is 2.61. The summed E-state index contributed by atoms with van der Waals surface area (Å²) in [5.41, 5.74) is 0. The molecular weight excluding hydrogens is 164 g/mol. The third-order valence-corrected chi connectivity index (χ3v) is 1.55. The lowest BCUT2D eigenvalue weighted by Gasteiger charge is -2.00. The van der Waals surface area contributed by atoms with Crippen LogP contribution in [-0.4, -0.2) is 18.3 Å². The number of ether oxygens (including phenoxy) is 1. The van der Waals surface area contributed by atoms with Crippen LogP contribution in [0.3, 0.4) is 0 Å². The van der Waals surface area contributed by atoms with Crippen LogP contribution in [0, 0.1) is 0 Å². The van der Waals surface area contributed by atoms with Gasteiger partial charge in [-0.15, -0.1) is 0 Å². The Balaban J connectivity index is 2.20. The van der Waals surface area contributed by atoms with Crippen LogP contribution in [0.5, 0.6) is 5.75 Å². The Morgan fingerprint density at radius 1 is 1.15 bits per heavy atom. The van der Waals surface area contributed by atoms with Gasteiger partial charge in [0.05, 0.1) is 0 Å². The summed E-state index contributed by atoms with van der Waals surface area (Å²) in [7, 11) is 0. The topological polar surface area (TPSA) is 29.5 Å². The Labute approximate surface area is 78.5 Å². The smallest absolute Gasteiger partial charge is 0.119 e. The van der Waals surface area contributed by atoms with Crippen LogP contribution in [0.4, 0.5) is 0 Å². The Hall–Kier alpha value is -1.28. The highest BCUT2D eigenvalue weighted by Gasteiger charge is 1.86. The number of aliphatic hydroxyl groups excluding tert-OH is 1. The van der Waals surface area contributed by atoms with Gasteiger partial charge in [-0.2, -0.15) is 0 Å². The van der Waals surface area contributed by atoms with Crippen LogP contribution >= 0.6 is 0 Å². The molecule has 0 amide bonds. The fraction of sp³-hybridized carbons (Fsp3) is 0.273. The average molecular weight is 178 g/mol. The van der Waals surface area contributed by atoms with Crippen LogP contribution in [-0.2, 0) is 0 Å². The molecule has 0 aliphatic rings. The van der Waals surface area contributed by atoms with Crippen molar-refractivity contribution < 1.29 is 9.84 Å². The van der Waals surface area contributed by atoms with Crippen molar-refractivity contribution in [2.24, 2.45) is 0 Å². The molecule has 0 aliphatic carbocycles. The van der Waals surface area contributed by atoms with Gasteiger partial charge in [0.1, 0.15) is 12.4 Å². The van der Waals surface area contributed by atoms with Gasteiger partial charge >= 0.3 is 0 Å². The van der Waals surface area contributed by atoms with Crippen molar-refractivity contribution in [3.8, 4) is 5.75 Å². The Bertz CT molecular complexity index is 242. The summed E-state index contributed by atoms with van der Waals surface area (Å²) in [6, 6.07) is 9.66. The van der Waals surface area contributed by atoms with Gasteiger partial charge in [0.25, 0.3) is 0 Å². The van der Waals surface area contributed by atoms with Gasteiger partial charge in [0.2, 0.25) is 0 Å². The van der Waals surface area contributed by atoms with Gasteiger partial charge in [0.15, 0.2) is 0 Å². The van der Waals surface area contributed by atoms with E-state index in [-0.39, 0.29) is 6.61 Å². The van der Waals surface area contributed by atoms with Crippen LogP contribution in [0.15, 0.2) is 42.5 Å². The summed E-state index contributed by atoms with van der Waals surface area (Å²) in [6.07, 6.45) is 4.50. The second kappa shape index (κ2) is 6.26. The molecule has 0 saturated carbocycles. The zero-order valence-corrected chi connectivity index (χ0v) is 7.52. The number of hydrogen-bond acceptors (Lipinski definition) is 2. The SMILES string of the molecule is OCCC=CCOc1ccccc1. The maximum atomic E-state index is 8.49. The molecule has 0 radical (unpaired) electrons. The van der Waals surface area contributed by atoms with E-state index in [9.17, 15) is 0 Å². The second-order valence-corrected chi connectivity index (χ2v) is 2.61. The van der Waals surface area contributed by atoms with E-state index in [0.29, 0.717) is 13.0 Å². The highest BCUT2D eigenvalue weighted by atomic mass is 16.5. The van der Waals surface area contributed by atoms with Crippen LogP contribution in [0.2, 0.25) is 0 Å². The Morgan fingerprint density at radius 3 is 2.62 bits per heavy atom. The van der Waals surface area contributed by atoms with Gasteiger partial charge < -0.3 is 9.84 Å². The van der Waals surface area contributed by atoms with E-state index in [2.05, 4.69) is 0 Å². The van der Waals surface area contributed by atoms with Crippen molar-refractivity contribution in [3.05, 3.63) is 42.5 Å². The molecule has 0 aromatic heterocycles. The molecule has 1 aromatic carbocycles. The molecule has 1 aromatic rings. The lowest BCUT2D eigenvalue weighted by Crippen LogP contribution is -1.92. The molecule has 0 bridgehead atoms. The zero-order chi connectivity index (χ0) is 9.36.